The summed E-state index contributed by atoms with van der Waals surface area (Å²) >= 11 is 6.83. The van der Waals surface area contributed by atoms with Gasteiger partial charge in [0.05, 0.1) is 45.5 Å². The molecule has 2 aromatic heterocycles. The molecule has 3 aromatic carbocycles. The summed E-state index contributed by atoms with van der Waals surface area (Å²) < 4.78 is 15.7. The van der Waals surface area contributed by atoms with E-state index in [4.69, 9.17) is 19.4 Å². The van der Waals surface area contributed by atoms with Gasteiger partial charge in [0.2, 0.25) is 0 Å². The van der Waals surface area contributed by atoms with Crippen LogP contribution in [0.2, 0.25) is 5.02 Å². The Morgan fingerprint density at radius 2 is 1.81 bits per heavy atom. The highest BCUT2D eigenvalue weighted by Gasteiger charge is 2.34. The van der Waals surface area contributed by atoms with Gasteiger partial charge in [0.25, 0.3) is 0 Å². The van der Waals surface area contributed by atoms with Gasteiger partial charge in [0.1, 0.15) is 25.4 Å². The number of benzene rings is 3. The van der Waals surface area contributed by atoms with Crippen molar-refractivity contribution in [2.75, 3.05) is 10.6 Å². The lowest BCUT2D eigenvalue weighted by molar-refractivity contribution is 0.347. The standard InChI is InChI=1S/C33H30BClFN7/c1-32(2,3)31(20-7-5-4-6-8-20)39-29-21(17-37)18-38-30-26(29)15-24(16-27(30)35)40-33(34,22-9-11-23(36)12-10-22)28-19-43(42-41-28)25-13-14-25/h4-12,15-16,18-19,25,31,40H,13-14H2,1-3H3,(H,38,39). The van der Waals surface area contributed by atoms with Crippen LogP contribution >= 0.6 is 11.6 Å². The SMILES string of the molecule is [B]C(Nc1cc(Cl)c2ncc(C#N)c(NC(c3ccccc3)C(C)(C)C)c2c1)(c1ccc(F)cc1)c1cn(C2CC2)nn1. The quantitative estimate of drug-likeness (QED) is 0.182. The number of nitrogens with zero attached hydrogens (tertiary/aromatic N) is 5. The monoisotopic (exact) mass is 589 g/mol. The molecule has 2 radical (unpaired) electrons. The van der Waals surface area contributed by atoms with Crippen molar-refractivity contribution in [2.45, 2.75) is 51.1 Å². The summed E-state index contributed by atoms with van der Waals surface area (Å²) in [4.78, 5) is 4.53. The van der Waals surface area contributed by atoms with E-state index in [0.717, 1.165) is 18.4 Å². The van der Waals surface area contributed by atoms with E-state index in [0.29, 0.717) is 50.2 Å². The van der Waals surface area contributed by atoms with Gasteiger partial charge in [0, 0.05) is 17.3 Å². The zero-order valence-electron chi connectivity index (χ0n) is 24.1. The molecule has 1 saturated carbocycles. The van der Waals surface area contributed by atoms with Crippen LogP contribution in [-0.4, -0.2) is 27.8 Å². The third-order valence-electron chi connectivity index (χ3n) is 7.81. The summed E-state index contributed by atoms with van der Waals surface area (Å²) in [6.07, 6.45) is 5.43. The number of fused-ring (bicyclic) bond motifs is 1. The summed E-state index contributed by atoms with van der Waals surface area (Å²) in [5, 5.41) is 26.9. The Labute approximate surface area is 256 Å². The van der Waals surface area contributed by atoms with Gasteiger partial charge in [-0.05, 0) is 53.6 Å². The first-order valence-corrected chi connectivity index (χ1v) is 14.5. The van der Waals surface area contributed by atoms with Gasteiger partial charge < -0.3 is 10.6 Å². The second-order valence-corrected chi connectivity index (χ2v) is 12.5. The highest BCUT2D eigenvalue weighted by atomic mass is 35.5. The topological polar surface area (TPSA) is 91.5 Å². The molecule has 0 saturated heterocycles. The predicted octanol–water partition coefficient (Wildman–Crippen LogP) is 7.51. The fraction of sp³-hybridized carbons (Fsp3) is 0.273. The molecular weight excluding hydrogens is 560 g/mol. The summed E-state index contributed by atoms with van der Waals surface area (Å²) in [6, 6.07) is 22.2. The average Bonchev–Trinajstić information content (AvgIpc) is 3.71. The summed E-state index contributed by atoms with van der Waals surface area (Å²) in [5.74, 6) is -0.376. The van der Waals surface area contributed by atoms with E-state index in [9.17, 15) is 9.65 Å². The minimum atomic E-state index is -1.37. The van der Waals surface area contributed by atoms with Crippen molar-refractivity contribution in [3.05, 3.63) is 112 Å². The van der Waals surface area contributed by atoms with Crippen LogP contribution in [0, 0.1) is 22.6 Å². The minimum Gasteiger partial charge on any atom is -0.378 e. The van der Waals surface area contributed by atoms with E-state index in [1.807, 2.05) is 35.1 Å². The second-order valence-electron chi connectivity index (χ2n) is 12.1. The van der Waals surface area contributed by atoms with E-state index in [2.05, 4.69) is 64.9 Å². The Morgan fingerprint density at radius 1 is 1.09 bits per heavy atom. The fourth-order valence-corrected chi connectivity index (χ4v) is 5.63. The van der Waals surface area contributed by atoms with Crippen molar-refractivity contribution in [1.82, 2.24) is 20.0 Å². The highest BCUT2D eigenvalue weighted by molar-refractivity contribution is 6.36. The minimum absolute atomic E-state index is 0.132. The van der Waals surface area contributed by atoms with Gasteiger partial charge in [-0.25, -0.2) is 9.07 Å². The van der Waals surface area contributed by atoms with Crippen LogP contribution in [0.4, 0.5) is 15.8 Å². The molecule has 43 heavy (non-hydrogen) atoms. The van der Waals surface area contributed by atoms with Crippen molar-refractivity contribution < 1.29 is 4.39 Å². The first kappa shape index (κ1) is 28.7. The summed E-state index contributed by atoms with van der Waals surface area (Å²) in [5.41, 5.74) is 2.68. The van der Waals surface area contributed by atoms with E-state index >= 15 is 0 Å². The van der Waals surface area contributed by atoms with E-state index in [1.54, 1.807) is 18.2 Å². The molecular formula is C33H30BClFN7. The molecule has 10 heteroatoms. The van der Waals surface area contributed by atoms with Gasteiger partial charge in [-0.2, -0.15) is 5.26 Å². The lowest BCUT2D eigenvalue weighted by Gasteiger charge is -2.34. The predicted molar refractivity (Wildman–Crippen MR) is 169 cm³/mol. The molecule has 2 heterocycles. The lowest BCUT2D eigenvalue weighted by Crippen LogP contribution is -2.37. The summed E-state index contributed by atoms with van der Waals surface area (Å²) in [7, 11) is 7.08. The van der Waals surface area contributed by atoms with Crippen molar-refractivity contribution in [3.8, 4) is 6.07 Å². The molecule has 0 aliphatic heterocycles. The number of nitriles is 1. The third-order valence-corrected chi connectivity index (χ3v) is 8.10. The molecule has 0 bridgehead atoms. The Balaban J connectivity index is 1.48. The van der Waals surface area contributed by atoms with Crippen LogP contribution in [0.5, 0.6) is 0 Å². The van der Waals surface area contributed by atoms with Crippen molar-refractivity contribution in [1.29, 1.82) is 5.26 Å². The molecule has 2 N–H and O–H groups in total. The fourth-order valence-electron chi connectivity index (χ4n) is 5.36. The Hall–Kier alpha value is -4.42. The Bertz CT molecular complexity index is 1830. The lowest BCUT2D eigenvalue weighted by atomic mass is 9.69. The number of hydrogen-bond acceptors (Lipinski definition) is 6. The number of aromatic nitrogens is 4. The zero-order chi connectivity index (χ0) is 30.4. The number of pyridine rings is 1. The van der Waals surface area contributed by atoms with Crippen LogP contribution < -0.4 is 10.6 Å². The van der Waals surface area contributed by atoms with Crippen LogP contribution in [0.15, 0.2) is 79.1 Å². The largest absolute Gasteiger partial charge is 0.378 e. The molecule has 2 unspecified atom stereocenters. The molecule has 214 valence electrons. The normalized spacial score (nSPS) is 15.4. The Kier molecular flexibility index (Phi) is 7.35. The van der Waals surface area contributed by atoms with Gasteiger partial charge in [-0.15, -0.1) is 5.10 Å². The number of nitrogens with one attached hydrogen (secondary N) is 2. The van der Waals surface area contributed by atoms with Crippen LogP contribution in [-0.2, 0) is 5.44 Å². The average molecular weight is 590 g/mol. The number of halogens is 2. The van der Waals surface area contributed by atoms with E-state index in [1.165, 1.54) is 18.3 Å². The first-order chi connectivity index (χ1) is 20.6. The molecule has 1 fully saturated rings. The highest BCUT2D eigenvalue weighted by Crippen LogP contribution is 2.42. The molecule has 0 amide bonds. The summed E-state index contributed by atoms with van der Waals surface area (Å²) in [6.45, 7) is 6.44. The van der Waals surface area contributed by atoms with Crippen molar-refractivity contribution >= 4 is 41.7 Å². The smallest absolute Gasteiger partial charge is 0.123 e. The van der Waals surface area contributed by atoms with Gasteiger partial charge in [-0.3, -0.25) is 4.98 Å². The van der Waals surface area contributed by atoms with E-state index in [-0.39, 0.29) is 17.3 Å². The number of anilines is 2. The maximum absolute atomic E-state index is 13.9. The van der Waals surface area contributed by atoms with Crippen LogP contribution in [0.25, 0.3) is 10.9 Å². The van der Waals surface area contributed by atoms with Gasteiger partial charge in [-0.1, -0.05) is 80.1 Å². The van der Waals surface area contributed by atoms with Crippen LogP contribution in [0.1, 0.15) is 68.1 Å². The number of rotatable bonds is 8. The third kappa shape index (κ3) is 5.67. The molecule has 1 aliphatic rings. The first-order valence-electron chi connectivity index (χ1n) is 14.2. The number of hydrogen-bond donors (Lipinski definition) is 2. The zero-order valence-corrected chi connectivity index (χ0v) is 24.9. The Morgan fingerprint density at radius 3 is 2.47 bits per heavy atom. The van der Waals surface area contributed by atoms with Crippen molar-refractivity contribution in [3.63, 3.8) is 0 Å². The molecule has 6 rings (SSSR count). The molecule has 5 aromatic rings. The second kappa shape index (κ2) is 11.0. The molecule has 2 atom stereocenters. The molecule has 7 nitrogen and oxygen atoms in total. The maximum Gasteiger partial charge on any atom is 0.123 e. The van der Waals surface area contributed by atoms with Gasteiger partial charge >= 0.3 is 0 Å². The van der Waals surface area contributed by atoms with E-state index < -0.39 is 5.44 Å². The molecule has 1 aliphatic carbocycles. The van der Waals surface area contributed by atoms with Crippen LogP contribution in [0.3, 0.4) is 0 Å². The maximum atomic E-state index is 13.9. The van der Waals surface area contributed by atoms with Crippen molar-refractivity contribution in [2.24, 2.45) is 5.41 Å². The van der Waals surface area contributed by atoms with Gasteiger partial charge in [0.15, 0.2) is 0 Å². The molecule has 0 spiro atoms.